The Balaban J connectivity index is 2.03. The number of rotatable bonds is 12. The summed E-state index contributed by atoms with van der Waals surface area (Å²) in [4.78, 5) is 26.2. The van der Waals surface area contributed by atoms with Gasteiger partial charge in [-0.15, -0.1) is 0 Å². The summed E-state index contributed by atoms with van der Waals surface area (Å²) in [6.45, 7) is 3.26. The average molecular weight is 531 g/mol. The minimum Gasteiger partial charge on any atom is -0.493 e. The van der Waals surface area contributed by atoms with Crippen LogP contribution in [0.2, 0.25) is 0 Å². The molecule has 1 saturated heterocycles. The quantitative estimate of drug-likeness (QED) is 0.152. The summed E-state index contributed by atoms with van der Waals surface area (Å²) in [5.74, 6) is 0.962. The Labute approximate surface area is 201 Å². The van der Waals surface area contributed by atoms with Crippen LogP contribution in [0.3, 0.4) is 0 Å². The van der Waals surface area contributed by atoms with E-state index in [0.717, 1.165) is 42.1 Å². The lowest BCUT2D eigenvalue weighted by Gasteiger charge is -2.14. The predicted molar refractivity (Wildman–Crippen MR) is 131 cm³/mol. The van der Waals surface area contributed by atoms with Crippen LogP contribution >= 0.6 is 39.9 Å². The third kappa shape index (κ3) is 7.50. The fraction of sp³-hybridized carbons (Fsp3) is 0.500. The SMILES string of the molecule is CCCCOc1c(Br)cc(/C=C2\SC(=S)N(CCCCCC(=O)OC)C2=O)cc1OC. The summed E-state index contributed by atoms with van der Waals surface area (Å²) in [6, 6.07) is 3.76. The number of ether oxygens (including phenoxy) is 3. The van der Waals surface area contributed by atoms with Crippen LogP contribution in [-0.4, -0.2) is 48.5 Å². The van der Waals surface area contributed by atoms with Crippen molar-refractivity contribution in [1.82, 2.24) is 4.90 Å². The molecule has 9 heteroatoms. The molecule has 170 valence electrons. The van der Waals surface area contributed by atoms with Crippen molar-refractivity contribution in [3.05, 3.63) is 27.1 Å². The minimum absolute atomic E-state index is 0.0960. The zero-order chi connectivity index (χ0) is 22.8. The number of methoxy groups -OCH3 is 2. The Morgan fingerprint density at radius 3 is 2.68 bits per heavy atom. The number of esters is 1. The van der Waals surface area contributed by atoms with Crippen LogP contribution in [-0.2, 0) is 14.3 Å². The first-order chi connectivity index (χ1) is 14.9. The van der Waals surface area contributed by atoms with Gasteiger partial charge in [0.2, 0.25) is 0 Å². The fourth-order valence-electron chi connectivity index (χ4n) is 2.94. The summed E-state index contributed by atoms with van der Waals surface area (Å²) in [7, 11) is 2.98. The lowest BCUT2D eigenvalue weighted by Crippen LogP contribution is -2.29. The van der Waals surface area contributed by atoms with Gasteiger partial charge in [0.05, 0.1) is 30.2 Å². The number of halogens is 1. The molecule has 0 unspecified atom stereocenters. The van der Waals surface area contributed by atoms with Crippen LogP contribution in [0.5, 0.6) is 11.5 Å². The molecule has 0 saturated carbocycles. The van der Waals surface area contributed by atoms with Crippen molar-refractivity contribution >= 4 is 62.2 Å². The number of hydrogen-bond acceptors (Lipinski definition) is 7. The topological polar surface area (TPSA) is 65.1 Å². The average Bonchev–Trinajstić information content (AvgIpc) is 3.01. The Bertz CT molecular complexity index is 843. The molecule has 1 amide bonds. The van der Waals surface area contributed by atoms with E-state index in [4.69, 9.17) is 21.7 Å². The molecule has 1 aromatic rings. The van der Waals surface area contributed by atoms with Gasteiger partial charge in [0, 0.05) is 13.0 Å². The van der Waals surface area contributed by atoms with E-state index in [1.165, 1.54) is 18.9 Å². The van der Waals surface area contributed by atoms with Crippen LogP contribution in [0.15, 0.2) is 21.5 Å². The second kappa shape index (κ2) is 13.1. The molecular formula is C22H28BrNO5S2. The first kappa shape index (κ1) is 25.7. The number of carbonyl (C=O) groups excluding carboxylic acids is 2. The van der Waals surface area contributed by atoms with Crippen LogP contribution in [0.1, 0.15) is 51.0 Å². The molecule has 0 N–H and O–H groups in total. The molecule has 0 aliphatic carbocycles. The number of thiocarbonyl (C=S) groups is 1. The predicted octanol–water partition coefficient (Wildman–Crippen LogP) is 5.57. The van der Waals surface area contributed by atoms with Crippen molar-refractivity contribution in [2.45, 2.75) is 45.4 Å². The summed E-state index contributed by atoms with van der Waals surface area (Å²) < 4.78 is 17.3. The van der Waals surface area contributed by atoms with E-state index in [2.05, 4.69) is 27.6 Å². The van der Waals surface area contributed by atoms with Gasteiger partial charge in [-0.3, -0.25) is 14.5 Å². The summed E-state index contributed by atoms with van der Waals surface area (Å²) in [6.07, 6.45) is 6.56. The highest BCUT2D eigenvalue weighted by Crippen LogP contribution is 2.39. The number of unbranched alkanes of at least 4 members (excludes halogenated alkanes) is 3. The number of thioether (sulfide) groups is 1. The van der Waals surface area contributed by atoms with E-state index in [0.29, 0.717) is 40.3 Å². The van der Waals surface area contributed by atoms with Gasteiger partial charge in [0.1, 0.15) is 4.32 Å². The van der Waals surface area contributed by atoms with E-state index >= 15 is 0 Å². The molecule has 0 bridgehead atoms. The first-order valence-corrected chi connectivity index (χ1v) is 12.3. The number of nitrogens with zero attached hydrogens (tertiary/aromatic N) is 1. The first-order valence-electron chi connectivity index (χ1n) is 10.2. The molecule has 31 heavy (non-hydrogen) atoms. The largest absolute Gasteiger partial charge is 0.493 e. The Hall–Kier alpha value is -1.58. The number of hydrogen-bond donors (Lipinski definition) is 0. The highest BCUT2D eigenvalue weighted by atomic mass is 79.9. The molecule has 6 nitrogen and oxygen atoms in total. The Morgan fingerprint density at radius 1 is 1.23 bits per heavy atom. The molecule has 1 aliphatic rings. The van der Waals surface area contributed by atoms with Crippen molar-refractivity contribution in [2.75, 3.05) is 27.4 Å². The van der Waals surface area contributed by atoms with Gasteiger partial charge >= 0.3 is 5.97 Å². The van der Waals surface area contributed by atoms with Crippen molar-refractivity contribution in [3.8, 4) is 11.5 Å². The third-order valence-corrected chi connectivity index (χ3v) is 6.62. The van der Waals surface area contributed by atoms with Gasteiger partial charge in [-0.1, -0.05) is 43.7 Å². The summed E-state index contributed by atoms with van der Waals surface area (Å²) in [5.41, 5.74) is 0.824. The molecule has 2 rings (SSSR count). The molecule has 1 aromatic carbocycles. The molecule has 0 atom stereocenters. The van der Waals surface area contributed by atoms with Crippen LogP contribution < -0.4 is 9.47 Å². The zero-order valence-electron chi connectivity index (χ0n) is 18.1. The van der Waals surface area contributed by atoms with Gasteiger partial charge in [-0.05, 0) is 59.0 Å². The van der Waals surface area contributed by atoms with E-state index in [1.54, 1.807) is 12.0 Å². The second-order valence-electron chi connectivity index (χ2n) is 6.96. The van der Waals surface area contributed by atoms with E-state index < -0.39 is 0 Å². The summed E-state index contributed by atoms with van der Waals surface area (Å²) >= 11 is 10.2. The van der Waals surface area contributed by atoms with Crippen molar-refractivity contribution in [1.29, 1.82) is 0 Å². The van der Waals surface area contributed by atoms with Crippen LogP contribution in [0.25, 0.3) is 6.08 Å². The molecular weight excluding hydrogens is 502 g/mol. The standard InChI is InChI=1S/C22H28BrNO5S2/c1-4-5-11-29-20-16(23)12-15(13-17(20)27-2)14-18-21(26)24(22(30)31-18)10-8-6-7-9-19(25)28-3/h12-14H,4-11H2,1-3H3/b18-14-. The Kier molecular flexibility index (Phi) is 10.8. The number of benzene rings is 1. The number of carbonyl (C=O) groups is 2. The maximum atomic E-state index is 12.8. The third-order valence-electron chi connectivity index (χ3n) is 4.66. The van der Waals surface area contributed by atoms with Gasteiger partial charge < -0.3 is 14.2 Å². The van der Waals surface area contributed by atoms with Gasteiger partial charge in [0.15, 0.2) is 11.5 Å². The maximum absolute atomic E-state index is 12.8. The molecule has 1 aliphatic heterocycles. The van der Waals surface area contributed by atoms with Crippen LogP contribution in [0.4, 0.5) is 0 Å². The fourth-order valence-corrected chi connectivity index (χ4v) is 4.83. The lowest BCUT2D eigenvalue weighted by molar-refractivity contribution is -0.140. The molecule has 0 spiro atoms. The minimum atomic E-state index is -0.211. The van der Waals surface area contributed by atoms with Gasteiger partial charge in [0.25, 0.3) is 5.91 Å². The van der Waals surface area contributed by atoms with Gasteiger partial charge in [-0.25, -0.2) is 0 Å². The zero-order valence-corrected chi connectivity index (χ0v) is 21.3. The van der Waals surface area contributed by atoms with Crippen molar-refractivity contribution in [3.63, 3.8) is 0 Å². The molecule has 0 radical (unpaired) electrons. The smallest absolute Gasteiger partial charge is 0.305 e. The molecule has 1 fully saturated rings. The number of amides is 1. The highest BCUT2D eigenvalue weighted by molar-refractivity contribution is 9.10. The second-order valence-corrected chi connectivity index (χ2v) is 9.49. The van der Waals surface area contributed by atoms with E-state index in [9.17, 15) is 9.59 Å². The van der Waals surface area contributed by atoms with Crippen molar-refractivity contribution in [2.24, 2.45) is 0 Å². The molecule has 1 heterocycles. The van der Waals surface area contributed by atoms with Crippen molar-refractivity contribution < 1.29 is 23.8 Å². The maximum Gasteiger partial charge on any atom is 0.305 e. The lowest BCUT2D eigenvalue weighted by atomic mass is 10.1. The molecule has 0 aromatic heterocycles. The van der Waals surface area contributed by atoms with E-state index in [1.807, 2.05) is 18.2 Å². The summed E-state index contributed by atoms with van der Waals surface area (Å²) in [5, 5.41) is 0. The normalized spacial score (nSPS) is 15.0. The van der Waals surface area contributed by atoms with Gasteiger partial charge in [-0.2, -0.15) is 0 Å². The van der Waals surface area contributed by atoms with Crippen LogP contribution in [0, 0.1) is 0 Å². The van der Waals surface area contributed by atoms with E-state index in [-0.39, 0.29) is 11.9 Å². The Morgan fingerprint density at radius 2 is 2.00 bits per heavy atom. The monoisotopic (exact) mass is 529 g/mol. The highest BCUT2D eigenvalue weighted by Gasteiger charge is 2.31.